The number of hydrogen-bond donors (Lipinski definition) is 1. The van der Waals surface area contributed by atoms with Crippen LogP contribution in [-0.2, 0) is 4.74 Å². The molecule has 0 aliphatic carbocycles. The van der Waals surface area contributed by atoms with E-state index >= 15 is 0 Å². The zero-order valence-electron chi connectivity index (χ0n) is 21.5. The molecule has 40 heavy (non-hydrogen) atoms. The molecule has 0 spiro atoms. The van der Waals surface area contributed by atoms with Crippen LogP contribution >= 0.6 is 23.2 Å². The summed E-state index contributed by atoms with van der Waals surface area (Å²) in [5.74, 6) is 0. The molecule has 4 aromatic rings. The smallest absolute Gasteiger partial charge is 0.410 e. The number of aromatic amines is 1. The van der Waals surface area contributed by atoms with Crippen LogP contribution in [0.3, 0.4) is 0 Å². The summed E-state index contributed by atoms with van der Waals surface area (Å²) in [5.41, 5.74) is -1.78. The van der Waals surface area contributed by atoms with E-state index in [0.717, 1.165) is 4.68 Å². The summed E-state index contributed by atoms with van der Waals surface area (Å²) >= 11 is 13.2. The minimum atomic E-state index is -0.914. The number of likely N-dealkylation sites (tertiary alicyclic amines) is 1. The highest BCUT2D eigenvalue weighted by molar-refractivity contribution is 6.38. The van der Waals surface area contributed by atoms with Crippen molar-refractivity contribution in [1.82, 2.24) is 34.0 Å². The first-order chi connectivity index (χ1) is 18.9. The van der Waals surface area contributed by atoms with E-state index in [2.05, 4.69) is 10.2 Å². The van der Waals surface area contributed by atoms with E-state index in [-0.39, 0.29) is 33.0 Å². The number of carbonyl (C=O) groups excluding carboxylic acids is 1. The first-order valence-corrected chi connectivity index (χ1v) is 12.8. The first-order valence-electron chi connectivity index (χ1n) is 12.1. The lowest BCUT2D eigenvalue weighted by molar-refractivity contribution is 0.0289. The monoisotopic (exact) mass is 584 g/mol. The zero-order chi connectivity index (χ0) is 28.9. The number of ether oxygens (including phenoxy) is 1. The van der Waals surface area contributed by atoms with Gasteiger partial charge in [0.2, 0.25) is 5.69 Å². The standard InChI is InChI=1S/C25H22Cl2N8O5/c1-25(2,3)40-24(39)32-7-6-13(12-32)33-19-11-29-35(18(19)4-5-20(33)36)21-15(26)8-14(9-16(21)27)34-23(38)30-22(37)17(10-28)31-34/h4-5,8-9,11,13H,6-7,12H2,1-3H3,(H,30,37,38). The molecular weight excluding hydrogens is 563 g/mol. The third-order valence-corrected chi connectivity index (χ3v) is 6.82. The fraction of sp³-hybridized carbons (Fsp3) is 0.320. The summed E-state index contributed by atoms with van der Waals surface area (Å²) in [5, 5.41) is 17.5. The molecule has 0 saturated carbocycles. The maximum Gasteiger partial charge on any atom is 0.410 e. The fourth-order valence-corrected chi connectivity index (χ4v) is 5.20. The quantitative estimate of drug-likeness (QED) is 0.384. The van der Waals surface area contributed by atoms with Crippen LogP contribution in [0.1, 0.15) is 38.9 Å². The molecule has 1 N–H and O–H groups in total. The van der Waals surface area contributed by atoms with E-state index in [9.17, 15) is 19.2 Å². The second kappa shape index (κ2) is 9.96. The molecule has 3 aromatic heterocycles. The minimum Gasteiger partial charge on any atom is -0.444 e. The summed E-state index contributed by atoms with van der Waals surface area (Å²) in [6, 6.07) is 7.08. The number of carbonyl (C=O) groups is 1. The number of rotatable bonds is 3. The van der Waals surface area contributed by atoms with Crippen LogP contribution in [0.25, 0.3) is 22.4 Å². The lowest BCUT2D eigenvalue weighted by Crippen LogP contribution is -2.36. The molecule has 1 fully saturated rings. The van der Waals surface area contributed by atoms with E-state index < -0.39 is 28.6 Å². The average Bonchev–Trinajstić information content (AvgIpc) is 3.51. The van der Waals surface area contributed by atoms with Crippen molar-refractivity contribution in [1.29, 1.82) is 5.26 Å². The van der Waals surface area contributed by atoms with Crippen molar-refractivity contribution in [3.63, 3.8) is 0 Å². The molecule has 1 atom stereocenters. The molecule has 206 valence electrons. The van der Waals surface area contributed by atoms with Gasteiger partial charge in [-0.1, -0.05) is 23.2 Å². The number of benzene rings is 1. The van der Waals surface area contributed by atoms with Crippen molar-refractivity contribution in [3.8, 4) is 17.4 Å². The number of aromatic nitrogens is 6. The highest BCUT2D eigenvalue weighted by Crippen LogP contribution is 2.34. The van der Waals surface area contributed by atoms with Crippen molar-refractivity contribution in [3.05, 3.63) is 77.4 Å². The van der Waals surface area contributed by atoms with Crippen LogP contribution in [0.15, 0.2) is 44.8 Å². The maximum atomic E-state index is 13.0. The van der Waals surface area contributed by atoms with Gasteiger partial charge in [0.15, 0.2) is 0 Å². The Labute approximate surface area is 235 Å². The van der Waals surface area contributed by atoms with Gasteiger partial charge in [-0.05, 0) is 45.4 Å². The summed E-state index contributed by atoms with van der Waals surface area (Å²) < 4.78 is 9.33. The average molecular weight is 585 g/mol. The van der Waals surface area contributed by atoms with Crippen molar-refractivity contribution < 1.29 is 9.53 Å². The number of nitrogens with zero attached hydrogens (tertiary/aromatic N) is 7. The highest BCUT2D eigenvalue weighted by atomic mass is 35.5. The van der Waals surface area contributed by atoms with Gasteiger partial charge in [0.25, 0.3) is 11.1 Å². The van der Waals surface area contributed by atoms with Gasteiger partial charge in [0, 0.05) is 19.2 Å². The SMILES string of the molecule is CC(C)(C)OC(=O)N1CCC(n2c(=O)ccc3c2cnn3-c2c(Cl)cc(-n3nc(C#N)c(=O)[nH]c3=O)cc2Cl)C1. The van der Waals surface area contributed by atoms with Gasteiger partial charge in [0.05, 0.1) is 39.0 Å². The van der Waals surface area contributed by atoms with Gasteiger partial charge in [-0.2, -0.15) is 15.0 Å². The second-order valence-electron chi connectivity index (χ2n) is 10.1. The number of pyridine rings is 1. The zero-order valence-corrected chi connectivity index (χ0v) is 23.0. The van der Waals surface area contributed by atoms with Crippen LogP contribution in [0, 0.1) is 11.3 Å². The van der Waals surface area contributed by atoms with Crippen LogP contribution in [0.5, 0.6) is 0 Å². The molecule has 15 heteroatoms. The Morgan fingerprint density at radius 1 is 1.12 bits per heavy atom. The Morgan fingerprint density at radius 2 is 1.82 bits per heavy atom. The molecule has 4 heterocycles. The molecule has 1 aromatic carbocycles. The number of halogens is 2. The molecule has 1 aliphatic heterocycles. The molecule has 0 bridgehead atoms. The van der Waals surface area contributed by atoms with Gasteiger partial charge < -0.3 is 14.2 Å². The third-order valence-electron chi connectivity index (χ3n) is 6.24. The Kier molecular flexibility index (Phi) is 6.77. The summed E-state index contributed by atoms with van der Waals surface area (Å²) in [7, 11) is 0. The van der Waals surface area contributed by atoms with Crippen molar-refractivity contribution >= 4 is 40.3 Å². The van der Waals surface area contributed by atoms with Gasteiger partial charge in [0.1, 0.15) is 17.4 Å². The Morgan fingerprint density at radius 3 is 2.48 bits per heavy atom. The third kappa shape index (κ3) is 4.87. The Hall–Kier alpha value is -4.41. The number of hydrogen-bond acceptors (Lipinski definition) is 8. The number of H-pyrrole nitrogens is 1. The minimum absolute atomic E-state index is 0.0839. The van der Waals surface area contributed by atoms with Gasteiger partial charge in [-0.25, -0.2) is 14.3 Å². The highest BCUT2D eigenvalue weighted by Gasteiger charge is 2.32. The number of fused-ring (bicyclic) bond motifs is 1. The Balaban J connectivity index is 1.54. The number of nitriles is 1. The lowest BCUT2D eigenvalue weighted by atomic mass is 10.2. The van der Waals surface area contributed by atoms with Crippen molar-refractivity contribution in [2.45, 2.75) is 38.8 Å². The normalized spacial score (nSPS) is 15.4. The summed E-state index contributed by atoms with van der Waals surface area (Å²) in [4.78, 5) is 53.1. The molecule has 1 amide bonds. The molecule has 13 nitrogen and oxygen atoms in total. The van der Waals surface area contributed by atoms with Crippen LogP contribution < -0.4 is 16.8 Å². The first kappa shape index (κ1) is 27.2. The van der Waals surface area contributed by atoms with Crippen LogP contribution in [-0.4, -0.2) is 58.8 Å². The topological polar surface area (TPSA) is 161 Å². The van der Waals surface area contributed by atoms with Crippen molar-refractivity contribution in [2.75, 3.05) is 13.1 Å². The lowest BCUT2D eigenvalue weighted by Gasteiger charge is -2.24. The fourth-order valence-electron chi connectivity index (χ4n) is 4.56. The van der Waals surface area contributed by atoms with E-state index in [4.69, 9.17) is 33.2 Å². The number of amides is 1. The molecule has 1 aliphatic rings. The molecule has 1 saturated heterocycles. The van der Waals surface area contributed by atoms with Crippen LogP contribution in [0.4, 0.5) is 4.79 Å². The summed E-state index contributed by atoms with van der Waals surface area (Å²) in [6.45, 7) is 6.10. The van der Waals surface area contributed by atoms with E-state index in [1.165, 1.54) is 29.1 Å². The van der Waals surface area contributed by atoms with E-state index in [1.807, 2.05) is 4.98 Å². The second-order valence-corrected chi connectivity index (χ2v) is 10.9. The Bertz CT molecular complexity index is 1870. The van der Waals surface area contributed by atoms with E-state index in [0.29, 0.717) is 30.5 Å². The predicted octanol–water partition coefficient (Wildman–Crippen LogP) is 2.78. The predicted molar refractivity (Wildman–Crippen MR) is 146 cm³/mol. The van der Waals surface area contributed by atoms with Crippen LogP contribution in [0.2, 0.25) is 10.0 Å². The summed E-state index contributed by atoms with van der Waals surface area (Å²) in [6.07, 6.45) is 1.62. The molecule has 1 unspecified atom stereocenters. The van der Waals surface area contributed by atoms with Gasteiger partial charge >= 0.3 is 11.8 Å². The number of nitrogens with one attached hydrogen (secondary N) is 1. The van der Waals surface area contributed by atoms with Crippen molar-refractivity contribution in [2.24, 2.45) is 0 Å². The molecule has 5 rings (SSSR count). The molecule has 0 radical (unpaired) electrons. The van der Waals surface area contributed by atoms with Gasteiger partial charge in [-0.3, -0.25) is 14.6 Å². The maximum absolute atomic E-state index is 13.0. The van der Waals surface area contributed by atoms with Gasteiger partial charge in [-0.15, -0.1) is 5.10 Å². The molecular formula is C25H22Cl2N8O5. The largest absolute Gasteiger partial charge is 0.444 e. The van der Waals surface area contributed by atoms with E-state index in [1.54, 1.807) is 42.4 Å².